The Bertz CT molecular complexity index is 628. The molecule has 5 nitrogen and oxygen atoms in total. The minimum absolute atomic E-state index is 0.0813. The van der Waals surface area contributed by atoms with Crippen LogP contribution < -0.4 is 10.3 Å². The van der Waals surface area contributed by atoms with E-state index in [1.54, 1.807) is 9.69 Å². The number of nitrogens with one attached hydrogen (secondary N) is 1. The van der Waals surface area contributed by atoms with Crippen LogP contribution in [-0.4, -0.2) is 32.1 Å². The van der Waals surface area contributed by atoms with Crippen molar-refractivity contribution in [1.82, 2.24) is 5.32 Å². The van der Waals surface area contributed by atoms with Gasteiger partial charge in [0.25, 0.3) is 3.23 Å². The van der Waals surface area contributed by atoms with Gasteiger partial charge < -0.3 is 0 Å². The highest BCUT2D eigenvalue weighted by Crippen LogP contribution is 2.38. The lowest BCUT2D eigenvalue weighted by Gasteiger charge is -2.21. The maximum absolute atomic E-state index is 12.6. The van der Waals surface area contributed by atoms with Crippen molar-refractivity contribution in [2.75, 3.05) is 11.6 Å². The molecule has 20 heavy (non-hydrogen) atoms. The molecule has 7 heteroatoms. The number of nitrogens with zero attached hydrogens (tertiary/aromatic N) is 2. The number of para-hydroxylation sites is 1. The molecule has 0 aliphatic carbocycles. The van der Waals surface area contributed by atoms with Gasteiger partial charge in [-0.05, 0) is 50.9 Å². The molecule has 1 aromatic rings. The topological polar surface area (TPSA) is 52.4 Å². The highest BCUT2D eigenvalue weighted by atomic mass is 79.9. The van der Waals surface area contributed by atoms with Gasteiger partial charge in [0.1, 0.15) is 6.54 Å². The number of benzene rings is 1. The van der Waals surface area contributed by atoms with Crippen LogP contribution in [0.5, 0.6) is 0 Å². The Kier molecular flexibility index (Phi) is 3.21. The number of hydrogen-bond acceptors (Lipinski definition) is 2. The molecule has 104 valence electrons. The summed E-state index contributed by atoms with van der Waals surface area (Å²) in [6.45, 7) is 2.29. The van der Waals surface area contributed by atoms with Gasteiger partial charge in [-0.1, -0.05) is 18.2 Å². The number of amides is 2. The van der Waals surface area contributed by atoms with Gasteiger partial charge in [0.2, 0.25) is 0 Å². The van der Waals surface area contributed by atoms with E-state index in [2.05, 4.69) is 37.2 Å². The summed E-state index contributed by atoms with van der Waals surface area (Å²) in [6.07, 6.45) is 0. The van der Waals surface area contributed by atoms with Gasteiger partial charge in [-0.25, -0.2) is 10.1 Å². The highest BCUT2D eigenvalue weighted by molar-refractivity contribution is 9.26. The molecule has 1 atom stereocenters. The van der Waals surface area contributed by atoms with Gasteiger partial charge in [-0.2, -0.15) is 0 Å². The molecule has 2 amide bonds. The van der Waals surface area contributed by atoms with Gasteiger partial charge in [0.15, 0.2) is 0 Å². The zero-order chi connectivity index (χ0) is 14.5. The number of hydrazone groups is 1. The first-order valence-electron chi connectivity index (χ1n) is 6.16. The number of alkyl halides is 2. The van der Waals surface area contributed by atoms with Crippen LogP contribution in [0.4, 0.5) is 5.69 Å². The van der Waals surface area contributed by atoms with Gasteiger partial charge in [-0.15, -0.1) is 9.69 Å². The second-order valence-corrected chi connectivity index (χ2v) is 8.29. The summed E-state index contributed by atoms with van der Waals surface area (Å²) in [5.74, 6) is 0.0523. The van der Waals surface area contributed by atoms with Crippen molar-refractivity contribution in [3.63, 3.8) is 0 Å². The maximum Gasteiger partial charge on any atom is 0.314 e. The average Bonchev–Trinajstić information content (AvgIpc) is 2.60. The average molecular weight is 402 g/mol. The number of amidine groups is 1. The summed E-state index contributed by atoms with van der Waals surface area (Å²) in [7, 11) is 0. The molecule has 1 N–H and O–H groups in total. The molecule has 3 rings (SSSR count). The van der Waals surface area contributed by atoms with E-state index in [9.17, 15) is 9.59 Å². The summed E-state index contributed by atoms with van der Waals surface area (Å²) in [5.41, 5.74) is 0.763. The number of hydrazine groups is 1. The van der Waals surface area contributed by atoms with Gasteiger partial charge in [0, 0.05) is 0 Å². The van der Waals surface area contributed by atoms with Crippen molar-refractivity contribution in [2.45, 2.75) is 10.2 Å². The van der Waals surface area contributed by atoms with E-state index < -0.39 is 3.23 Å². The predicted octanol–water partition coefficient (Wildman–Crippen LogP) is 1.61. The summed E-state index contributed by atoms with van der Waals surface area (Å²) in [5, 5.41) is 4.37. The number of anilines is 1. The van der Waals surface area contributed by atoms with E-state index >= 15 is 0 Å². The van der Waals surface area contributed by atoms with Crippen LogP contribution in [0, 0.1) is 5.92 Å². The molecule has 0 saturated carbocycles. The molecule has 0 saturated heterocycles. The van der Waals surface area contributed by atoms with Crippen LogP contribution in [0.2, 0.25) is 0 Å². The highest BCUT2D eigenvalue weighted by Gasteiger charge is 2.59. The number of carbonyl (C=O) groups excluding carboxylic acids is 2. The molecule has 0 aromatic heterocycles. The lowest BCUT2D eigenvalue weighted by atomic mass is 10.1. The quantitative estimate of drug-likeness (QED) is 0.574. The van der Waals surface area contributed by atoms with Crippen LogP contribution in [0.15, 0.2) is 30.3 Å². The molecule has 2 heterocycles. The largest absolute Gasteiger partial charge is 0.314 e. The van der Waals surface area contributed by atoms with Crippen LogP contribution in [0.25, 0.3) is 0 Å². The molecule has 2 aliphatic heterocycles. The van der Waals surface area contributed by atoms with Gasteiger partial charge in [-0.3, -0.25) is 4.79 Å². The molecule has 0 spiro atoms. The molecular formula is C13H12Br2N3O2+. The number of hydrogen-bond donors (Lipinski definition) is 1. The third-order valence-corrected chi connectivity index (χ3v) is 4.82. The van der Waals surface area contributed by atoms with Crippen molar-refractivity contribution in [2.24, 2.45) is 5.92 Å². The third-order valence-electron chi connectivity index (χ3n) is 3.39. The van der Waals surface area contributed by atoms with Gasteiger partial charge in [0.05, 0.1) is 11.6 Å². The molecule has 1 unspecified atom stereocenters. The first-order chi connectivity index (χ1) is 9.43. The fourth-order valence-electron chi connectivity index (χ4n) is 2.33. The van der Waals surface area contributed by atoms with Crippen LogP contribution >= 0.6 is 31.9 Å². The van der Waals surface area contributed by atoms with Crippen molar-refractivity contribution in [1.29, 1.82) is 0 Å². The van der Waals surface area contributed by atoms with E-state index in [0.717, 1.165) is 5.69 Å². The summed E-state index contributed by atoms with van der Waals surface area (Å²) in [6, 6.07) is 9.36. The Morgan fingerprint density at radius 3 is 2.60 bits per heavy atom. The monoisotopic (exact) mass is 400 g/mol. The molecule has 0 fully saturated rings. The van der Waals surface area contributed by atoms with Crippen LogP contribution in [0.3, 0.4) is 0 Å². The van der Waals surface area contributed by atoms with Crippen molar-refractivity contribution in [3.05, 3.63) is 30.3 Å². The Balaban J connectivity index is 2.12. The van der Waals surface area contributed by atoms with Crippen LogP contribution in [0.1, 0.15) is 6.92 Å². The molecule has 2 aliphatic rings. The minimum atomic E-state index is -1.09. The number of rotatable bonds is 1. The fourth-order valence-corrected chi connectivity index (χ4v) is 3.27. The van der Waals surface area contributed by atoms with E-state index in [1.165, 1.54) is 0 Å². The predicted molar refractivity (Wildman–Crippen MR) is 82.0 cm³/mol. The number of carbonyl (C=O) groups is 2. The van der Waals surface area contributed by atoms with Crippen molar-refractivity contribution < 1.29 is 14.3 Å². The number of halogens is 2. The molecular weight excluding hydrogens is 390 g/mol. The van der Waals surface area contributed by atoms with Crippen molar-refractivity contribution in [3.8, 4) is 0 Å². The zero-order valence-electron chi connectivity index (χ0n) is 10.6. The van der Waals surface area contributed by atoms with Gasteiger partial charge >= 0.3 is 17.6 Å². The Morgan fingerprint density at radius 2 is 1.95 bits per heavy atom. The minimum Gasteiger partial charge on any atom is -0.267 e. The fraction of sp³-hybridized carbons (Fsp3) is 0.308. The van der Waals surface area contributed by atoms with Crippen LogP contribution in [-0.2, 0) is 9.59 Å². The maximum atomic E-state index is 12.6. The Morgan fingerprint density at radius 1 is 1.30 bits per heavy atom. The lowest BCUT2D eigenvalue weighted by molar-refractivity contribution is -0.534. The second-order valence-electron chi connectivity index (χ2n) is 4.85. The first kappa shape index (κ1) is 13.8. The summed E-state index contributed by atoms with van der Waals surface area (Å²) >= 11 is 6.73. The van der Waals surface area contributed by atoms with E-state index in [4.69, 9.17) is 0 Å². The third kappa shape index (κ3) is 1.91. The Hall–Kier alpha value is -1.21. The zero-order valence-corrected chi connectivity index (χ0v) is 13.8. The summed E-state index contributed by atoms with van der Waals surface area (Å²) < 4.78 is 0.707. The van der Waals surface area contributed by atoms with Crippen molar-refractivity contribution >= 4 is 55.2 Å². The normalized spacial score (nSPS) is 24.8. The molecule has 0 radical (unpaired) electrons. The van der Waals surface area contributed by atoms with E-state index in [1.807, 2.05) is 37.3 Å². The molecule has 0 bridgehead atoms. The molecule has 1 aromatic carbocycles. The summed E-state index contributed by atoms with van der Waals surface area (Å²) in [4.78, 5) is 24.5. The van der Waals surface area contributed by atoms with E-state index in [0.29, 0.717) is 12.4 Å². The smallest absolute Gasteiger partial charge is 0.267 e. The lowest BCUT2D eigenvalue weighted by Crippen LogP contribution is -2.52. The SMILES string of the molecule is CC1C[N+]2=C(NC1=O)C(Br)(Br)C(=O)N2c1ccccc1. The second kappa shape index (κ2) is 4.66. The first-order valence-corrected chi connectivity index (χ1v) is 7.74. The standard InChI is InChI=1S/C13H11Br2N3O2/c1-8-7-17-11(16-10(8)19)13(14,15)12(20)18(17)9-5-3-2-4-6-9/h2-6,8H,7H2,1H3/p+1. The van der Waals surface area contributed by atoms with E-state index in [-0.39, 0.29) is 17.7 Å². The Labute approximate surface area is 132 Å².